The number of ether oxygens (including phenoxy) is 3. The first kappa shape index (κ1) is 26.8. The zero-order valence-corrected chi connectivity index (χ0v) is 21.3. The van der Waals surface area contributed by atoms with Crippen molar-refractivity contribution in [2.24, 2.45) is 5.90 Å². The lowest BCUT2D eigenvalue weighted by Gasteiger charge is -2.38. The summed E-state index contributed by atoms with van der Waals surface area (Å²) < 4.78 is 43.5. The molecule has 1 amide bonds. The van der Waals surface area contributed by atoms with E-state index in [-0.39, 0.29) is 43.6 Å². The maximum absolute atomic E-state index is 13.4. The Morgan fingerprint density at radius 1 is 1.08 bits per heavy atom. The molecule has 37 heavy (non-hydrogen) atoms. The molecule has 4 rings (SSSR count). The van der Waals surface area contributed by atoms with Crippen LogP contribution in [0.4, 0.5) is 4.79 Å². The molecule has 200 valence electrons. The van der Waals surface area contributed by atoms with Gasteiger partial charge in [0.25, 0.3) is 0 Å². The summed E-state index contributed by atoms with van der Waals surface area (Å²) in [6, 6.07) is 7.36. The average Bonchev–Trinajstić information content (AvgIpc) is 2.92. The molecule has 2 aromatic rings. The van der Waals surface area contributed by atoms with E-state index < -0.39 is 28.1 Å². The normalized spacial score (nSPS) is 18.1. The summed E-state index contributed by atoms with van der Waals surface area (Å²) in [6.45, 7) is -0.228. The van der Waals surface area contributed by atoms with Gasteiger partial charge < -0.3 is 23.9 Å². The van der Waals surface area contributed by atoms with Gasteiger partial charge in [0, 0.05) is 26.3 Å². The highest BCUT2D eigenvalue weighted by Crippen LogP contribution is 2.29. The third-order valence-electron chi connectivity index (χ3n) is 6.35. The largest absolute Gasteiger partial charge is 0.447 e. The second kappa shape index (κ2) is 11.9. The lowest BCUT2D eigenvalue weighted by molar-refractivity contribution is -0.150. The summed E-state index contributed by atoms with van der Waals surface area (Å²) in [5, 5.41) is 0. The van der Waals surface area contributed by atoms with E-state index in [2.05, 4.69) is 9.82 Å². The van der Waals surface area contributed by atoms with Gasteiger partial charge in [0.2, 0.25) is 15.9 Å². The third kappa shape index (κ3) is 6.18. The first-order chi connectivity index (χ1) is 17.8. The highest BCUT2D eigenvalue weighted by Gasteiger charge is 2.42. The van der Waals surface area contributed by atoms with Gasteiger partial charge in [-0.1, -0.05) is 6.07 Å². The third-order valence-corrected chi connectivity index (χ3v) is 8.24. The number of piperazine rings is 1. The van der Waals surface area contributed by atoms with Crippen LogP contribution in [0.5, 0.6) is 11.6 Å². The van der Waals surface area contributed by atoms with Crippen LogP contribution in [0.15, 0.2) is 41.4 Å². The van der Waals surface area contributed by atoms with Crippen LogP contribution in [0.25, 0.3) is 0 Å². The lowest BCUT2D eigenvalue weighted by atomic mass is 9.92. The molecule has 13 heteroatoms. The number of methoxy groups -OCH3 is 1. The number of carbonyl (C=O) groups is 2. The summed E-state index contributed by atoms with van der Waals surface area (Å²) in [7, 11) is -2.71. The standard InChI is InChI=1S/C24H30N4O8S/c1-33-12-13-34-24(30)27-10-11-28(21(16-27)23(29)36-25)37(31,32)20-8-9-22(26-15-20)35-19-7-6-17-4-2-3-5-18(17)14-19/h6-9,14-15,21H,2-5,10-13,16,25H2,1H3/t21-/m1/s1. The first-order valence-electron chi connectivity index (χ1n) is 11.9. The molecule has 2 heterocycles. The molecule has 1 fully saturated rings. The van der Waals surface area contributed by atoms with Gasteiger partial charge in [-0.3, -0.25) is 0 Å². The molecular formula is C24H30N4O8S. The molecule has 1 aliphatic carbocycles. The van der Waals surface area contributed by atoms with Gasteiger partial charge in [0.05, 0.1) is 19.3 Å². The molecule has 0 saturated carbocycles. The Bertz CT molecular complexity index is 1220. The number of sulfonamides is 1. The van der Waals surface area contributed by atoms with E-state index in [4.69, 9.17) is 20.1 Å². The van der Waals surface area contributed by atoms with Crippen molar-refractivity contribution in [3.05, 3.63) is 47.7 Å². The number of aromatic nitrogens is 1. The Balaban J connectivity index is 1.47. The number of pyridine rings is 1. The van der Waals surface area contributed by atoms with Crippen LogP contribution in [0.2, 0.25) is 0 Å². The fourth-order valence-electron chi connectivity index (χ4n) is 4.40. The maximum atomic E-state index is 13.4. The number of fused-ring (bicyclic) bond motifs is 1. The highest BCUT2D eigenvalue weighted by molar-refractivity contribution is 7.89. The predicted molar refractivity (Wildman–Crippen MR) is 130 cm³/mol. The van der Waals surface area contributed by atoms with E-state index in [1.807, 2.05) is 18.2 Å². The average molecular weight is 535 g/mol. The van der Waals surface area contributed by atoms with Crippen LogP contribution in [-0.4, -0.2) is 80.7 Å². The Kier molecular flexibility index (Phi) is 8.59. The zero-order chi connectivity index (χ0) is 26.4. The highest BCUT2D eigenvalue weighted by atomic mass is 32.2. The minimum absolute atomic E-state index is 0.00630. The number of rotatable bonds is 8. The summed E-state index contributed by atoms with van der Waals surface area (Å²) >= 11 is 0. The van der Waals surface area contributed by atoms with E-state index in [0.717, 1.165) is 23.6 Å². The second-order valence-corrected chi connectivity index (χ2v) is 10.6. The molecule has 0 unspecified atom stereocenters. The Labute approximate surface area is 215 Å². The molecule has 2 N–H and O–H groups in total. The van der Waals surface area contributed by atoms with Gasteiger partial charge in [-0.15, -0.1) is 0 Å². The van der Waals surface area contributed by atoms with E-state index in [1.165, 1.54) is 47.9 Å². The number of nitrogens with two attached hydrogens (primary N) is 1. The van der Waals surface area contributed by atoms with Crippen LogP contribution in [0.1, 0.15) is 24.0 Å². The number of benzene rings is 1. The topological polar surface area (TPSA) is 151 Å². The van der Waals surface area contributed by atoms with Crippen molar-refractivity contribution in [2.45, 2.75) is 36.6 Å². The van der Waals surface area contributed by atoms with Crippen LogP contribution < -0.4 is 10.6 Å². The van der Waals surface area contributed by atoms with Crippen molar-refractivity contribution < 1.29 is 37.1 Å². The van der Waals surface area contributed by atoms with E-state index in [9.17, 15) is 18.0 Å². The smallest absolute Gasteiger partial charge is 0.409 e. The number of amides is 1. The molecule has 0 bridgehead atoms. The van der Waals surface area contributed by atoms with Crippen molar-refractivity contribution in [1.82, 2.24) is 14.2 Å². The summed E-state index contributed by atoms with van der Waals surface area (Å²) in [5.41, 5.74) is 2.57. The van der Waals surface area contributed by atoms with Gasteiger partial charge in [0.1, 0.15) is 23.3 Å². The lowest BCUT2D eigenvalue weighted by Crippen LogP contribution is -2.60. The minimum atomic E-state index is -4.18. The van der Waals surface area contributed by atoms with E-state index >= 15 is 0 Å². The molecule has 0 radical (unpaired) electrons. The molecule has 1 aliphatic heterocycles. The Hall–Kier alpha value is -3.26. The van der Waals surface area contributed by atoms with Crippen LogP contribution >= 0.6 is 0 Å². The predicted octanol–water partition coefficient (Wildman–Crippen LogP) is 1.63. The number of hydrogen-bond donors (Lipinski definition) is 1. The molecule has 2 aliphatic rings. The monoisotopic (exact) mass is 534 g/mol. The van der Waals surface area contributed by atoms with Crippen molar-refractivity contribution in [1.29, 1.82) is 0 Å². The van der Waals surface area contributed by atoms with Gasteiger partial charge in [-0.05, 0) is 55.0 Å². The molecule has 1 saturated heterocycles. The molecule has 1 aromatic carbocycles. The summed E-state index contributed by atoms with van der Waals surface area (Å²) in [5.74, 6) is 4.91. The van der Waals surface area contributed by atoms with E-state index in [1.54, 1.807) is 0 Å². The van der Waals surface area contributed by atoms with Gasteiger partial charge in [-0.25, -0.2) is 23.0 Å². The first-order valence-corrected chi connectivity index (χ1v) is 13.4. The van der Waals surface area contributed by atoms with Crippen molar-refractivity contribution >= 4 is 22.1 Å². The molecule has 12 nitrogen and oxygen atoms in total. The Morgan fingerprint density at radius 2 is 1.86 bits per heavy atom. The molecule has 0 spiro atoms. The van der Waals surface area contributed by atoms with Crippen LogP contribution in [0, 0.1) is 0 Å². The Morgan fingerprint density at radius 3 is 2.57 bits per heavy atom. The summed E-state index contributed by atoms with van der Waals surface area (Å²) in [4.78, 5) is 34.2. The zero-order valence-electron chi connectivity index (χ0n) is 20.5. The van der Waals surface area contributed by atoms with Crippen molar-refractivity contribution in [2.75, 3.05) is 40.0 Å². The van der Waals surface area contributed by atoms with Gasteiger partial charge >= 0.3 is 12.1 Å². The summed E-state index contributed by atoms with van der Waals surface area (Å²) in [6.07, 6.45) is 4.85. The number of hydrogen-bond acceptors (Lipinski definition) is 10. The number of aryl methyl sites for hydroxylation is 2. The molecule has 1 aromatic heterocycles. The number of carbonyl (C=O) groups excluding carboxylic acids is 2. The molecule has 1 atom stereocenters. The van der Waals surface area contributed by atoms with Gasteiger partial charge in [-0.2, -0.15) is 10.2 Å². The SMILES string of the molecule is COCCOC(=O)N1CCN(S(=O)(=O)c2ccc(Oc3ccc4c(c3)CCCC4)nc2)[C@@H](C(=O)ON)C1. The molecular weight excluding hydrogens is 504 g/mol. The van der Waals surface area contributed by atoms with Gasteiger partial charge in [0.15, 0.2) is 0 Å². The second-order valence-electron chi connectivity index (χ2n) is 8.69. The maximum Gasteiger partial charge on any atom is 0.409 e. The quantitative estimate of drug-likeness (QED) is 0.391. The van der Waals surface area contributed by atoms with Crippen LogP contribution in [0.3, 0.4) is 0 Å². The van der Waals surface area contributed by atoms with Crippen LogP contribution in [-0.2, 0) is 42.0 Å². The number of nitrogens with zero attached hydrogens (tertiary/aromatic N) is 3. The minimum Gasteiger partial charge on any atom is -0.447 e. The van der Waals surface area contributed by atoms with Crippen molar-refractivity contribution in [3.63, 3.8) is 0 Å². The fourth-order valence-corrected chi connectivity index (χ4v) is 5.91. The van der Waals surface area contributed by atoms with Crippen molar-refractivity contribution in [3.8, 4) is 11.6 Å². The van der Waals surface area contributed by atoms with E-state index in [0.29, 0.717) is 5.75 Å². The fraction of sp³-hybridized carbons (Fsp3) is 0.458.